The van der Waals surface area contributed by atoms with Crippen LogP contribution in [0.2, 0.25) is 0 Å². The first kappa shape index (κ1) is 10.2. The number of thioether (sulfide) groups is 1. The van der Waals surface area contributed by atoms with Gasteiger partial charge in [-0.2, -0.15) is 0 Å². The summed E-state index contributed by atoms with van der Waals surface area (Å²) in [5.41, 5.74) is 3.24. The SMILES string of the molecule is CSC1N=C(c2cccnc2C)C=CN1. The Balaban J connectivity index is 2.35. The molecular formula is C11H13N3S. The van der Waals surface area contributed by atoms with Crippen LogP contribution in [0.25, 0.3) is 0 Å². The molecule has 1 aromatic heterocycles. The molecule has 15 heavy (non-hydrogen) atoms. The Kier molecular flexibility index (Phi) is 3.06. The number of aliphatic imine (C=N–C) groups is 1. The minimum absolute atomic E-state index is 0.115. The molecule has 0 bridgehead atoms. The summed E-state index contributed by atoms with van der Waals surface area (Å²) < 4.78 is 0. The van der Waals surface area contributed by atoms with E-state index in [1.807, 2.05) is 37.6 Å². The van der Waals surface area contributed by atoms with E-state index < -0.39 is 0 Å². The summed E-state index contributed by atoms with van der Waals surface area (Å²) in [6.45, 7) is 2.00. The predicted octanol–water partition coefficient (Wildman–Crippen LogP) is 1.94. The predicted molar refractivity (Wildman–Crippen MR) is 65.1 cm³/mol. The number of rotatable bonds is 2. The fraction of sp³-hybridized carbons (Fsp3) is 0.273. The second-order valence-corrected chi connectivity index (χ2v) is 4.16. The standard InChI is InChI=1S/C11H13N3S/c1-8-9(4-3-6-12-8)10-5-7-13-11(14-10)15-2/h3-7,11,13H,1-2H3. The van der Waals surface area contributed by atoms with E-state index in [2.05, 4.69) is 15.3 Å². The molecule has 2 heterocycles. The molecule has 1 unspecified atom stereocenters. The number of nitrogens with one attached hydrogen (secondary N) is 1. The minimum Gasteiger partial charge on any atom is -0.361 e. The molecule has 1 aliphatic rings. The minimum atomic E-state index is 0.115. The van der Waals surface area contributed by atoms with Gasteiger partial charge >= 0.3 is 0 Å². The first-order valence-electron chi connectivity index (χ1n) is 4.76. The van der Waals surface area contributed by atoms with E-state index in [-0.39, 0.29) is 5.50 Å². The molecule has 0 saturated heterocycles. The molecule has 0 saturated carbocycles. The van der Waals surface area contributed by atoms with Gasteiger partial charge in [0.05, 0.1) is 5.71 Å². The molecule has 4 heteroatoms. The molecule has 0 radical (unpaired) electrons. The van der Waals surface area contributed by atoms with Crippen LogP contribution in [0.15, 0.2) is 35.6 Å². The zero-order valence-electron chi connectivity index (χ0n) is 8.77. The van der Waals surface area contributed by atoms with Crippen LogP contribution in [0.3, 0.4) is 0 Å². The van der Waals surface area contributed by atoms with Gasteiger partial charge in [-0.25, -0.2) is 4.99 Å². The average molecular weight is 219 g/mol. The highest BCUT2D eigenvalue weighted by molar-refractivity contribution is 7.99. The molecule has 2 rings (SSSR count). The van der Waals surface area contributed by atoms with Crippen molar-refractivity contribution >= 4 is 17.5 Å². The van der Waals surface area contributed by atoms with Crippen LogP contribution >= 0.6 is 11.8 Å². The van der Waals surface area contributed by atoms with Crippen LogP contribution in [-0.4, -0.2) is 22.4 Å². The lowest BCUT2D eigenvalue weighted by atomic mass is 10.1. The Hall–Kier alpha value is -1.29. The molecule has 3 nitrogen and oxygen atoms in total. The van der Waals surface area contributed by atoms with Gasteiger partial charge in [0.25, 0.3) is 0 Å². The summed E-state index contributed by atoms with van der Waals surface area (Å²) in [4.78, 5) is 8.84. The van der Waals surface area contributed by atoms with Crippen LogP contribution in [-0.2, 0) is 0 Å². The van der Waals surface area contributed by atoms with Crippen LogP contribution in [0.5, 0.6) is 0 Å². The summed E-state index contributed by atoms with van der Waals surface area (Å²) >= 11 is 1.68. The van der Waals surface area contributed by atoms with Crippen molar-refractivity contribution in [2.45, 2.75) is 12.4 Å². The van der Waals surface area contributed by atoms with Crippen LogP contribution in [0, 0.1) is 6.92 Å². The van der Waals surface area contributed by atoms with Crippen LogP contribution < -0.4 is 5.32 Å². The molecule has 1 atom stereocenters. The maximum absolute atomic E-state index is 4.57. The molecule has 0 aromatic carbocycles. The molecular weight excluding hydrogens is 206 g/mol. The fourth-order valence-electron chi connectivity index (χ4n) is 1.45. The van der Waals surface area contributed by atoms with Gasteiger partial charge in [0.1, 0.15) is 0 Å². The molecule has 1 N–H and O–H groups in total. The van der Waals surface area contributed by atoms with Crippen LogP contribution in [0.4, 0.5) is 0 Å². The monoisotopic (exact) mass is 219 g/mol. The van der Waals surface area contributed by atoms with Gasteiger partial charge < -0.3 is 5.32 Å². The third kappa shape index (κ3) is 2.21. The van der Waals surface area contributed by atoms with Crippen LogP contribution in [0.1, 0.15) is 11.3 Å². The van der Waals surface area contributed by atoms with E-state index >= 15 is 0 Å². The second-order valence-electron chi connectivity index (χ2n) is 3.24. The first-order chi connectivity index (χ1) is 7.31. The molecule has 1 aliphatic heterocycles. The van der Waals surface area contributed by atoms with E-state index in [0.717, 1.165) is 17.0 Å². The highest BCUT2D eigenvalue weighted by Crippen LogP contribution is 2.14. The largest absolute Gasteiger partial charge is 0.361 e. The van der Waals surface area contributed by atoms with Gasteiger partial charge in [-0.15, -0.1) is 11.8 Å². The van der Waals surface area contributed by atoms with Gasteiger partial charge in [-0.1, -0.05) is 0 Å². The smallest absolute Gasteiger partial charge is 0.166 e. The molecule has 1 aromatic rings. The van der Waals surface area contributed by atoms with Gasteiger partial charge in [-0.3, -0.25) is 4.98 Å². The van der Waals surface area contributed by atoms with Gasteiger partial charge in [0.2, 0.25) is 0 Å². The third-order valence-corrected chi connectivity index (χ3v) is 2.93. The highest BCUT2D eigenvalue weighted by Gasteiger charge is 2.11. The van der Waals surface area contributed by atoms with Crippen molar-refractivity contribution in [2.24, 2.45) is 4.99 Å². The molecule has 0 spiro atoms. The Bertz CT molecular complexity index is 412. The summed E-state index contributed by atoms with van der Waals surface area (Å²) in [6.07, 6.45) is 7.76. The Morgan fingerprint density at radius 1 is 1.47 bits per heavy atom. The van der Waals surface area contributed by atoms with E-state index in [4.69, 9.17) is 0 Å². The van der Waals surface area contributed by atoms with Crippen molar-refractivity contribution in [3.05, 3.63) is 41.9 Å². The lowest BCUT2D eigenvalue weighted by molar-refractivity contribution is 0.814. The number of hydrogen-bond acceptors (Lipinski definition) is 4. The maximum Gasteiger partial charge on any atom is 0.166 e. The van der Waals surface area contributed by atoms with Gasteiger partial charge in [0, 0.05) is 23.7 Å². The second kappa shape index (κ2) is 4.49. The molecule has 0 fully saturated rings. The average Bonchev–Trinajstić information content (AvgIpc) is 2.30. The van der Waals surface area contributed by atoms with Crippen molar-refractivity contribution in [2.75, 3.05) is 6.26 Å². The quantitative estimate of drug-likeness (QED) is 0.826. The van der Waals surface area contributed by atoms with E-state index in [0.29, 0.717) is 0 Å². The van der Waals surface area contributed by atoms with Crippen molar-refractivity contribution < 1.29 is 0 Å². The number of aryl methyl sites for hydroxylation is 1. The topological polar surface area (TPSA) is 37.3 Å². The van der Waals surface area contributed by atoms with Crippen molar-refractivity contribution in [3.63, 3.8) is 0 Å². The van der Waals surface area contributed by atoms with E-state index in [1.165, 1.54) is 0 Å². The number of allylic oxidation sites excluding steroid dienone is 1. The number of aromatic nitrogens is 1. The zero-order valence-corrected chi connectivity index (χ0v) is 9.58. The Morgan fingerprint density at radius 3 is 3.07 bits per heavy atom. The number of nitrogens with zero attached hydrogens (tertiary/aromatic N) is 2. The van der Waals surface area contributed by atoms with Crippen molar-refractivity contribution in [3.8, 4) is 0 Å². The van der Waals surface area contributed by atoms with Gasteiger partial charge in [0.15, 0.2) is 5.50 Å². The third-order valence-electron chi connectivity index (χ3n) is 2.24. The summed E-state index contributed by atoms with van der Waals surface area (Å²) in [5.74, 6) is 0. The lowest BCUT2D eigenvalue weighted by Gasteiger charge is -2.16. The summed E-state index contributed by atoms with van der Waals surface area (Å²) in [7, 11) is 0. The van der Waals surface area contributed by atoms with Gasteiger partial charge in [-0.05, 0) is 31.4 Å². The summed E-state index contributed by atoms with van der Waals surface area (Å²) in [5, 5.41) is 3.16. The van der Waals surface area contributed by atoms with E-state index in [9.17, 15) is 0 Å². The zero-order chi connectivity index (χ0) is 10.7. The Morgan fingerprint density at radius 2 is 2.33 bits per heavy atom. The molecule has 0 aliphatic carbocycles. The Labute approximate surface area is 93.7 Å². The number of hydrogen-bond donors (Lipinski definition) is 1. The highest BCUT2D eigenvalue weighted by atomic mass is 32.2. The normalized spacial score (nSPS) is 19.6. The van der Waals surface area contributed by atoms with Crippen molar-refractivity contribution in [1.82, 2.24) is 10.3 Å². The maximum atomic E-state index is 4.57. The first-order valence-corrected chi connectivity index (χ1v) is 6.05. The lowest BCUT2D eigenvalue weighted by Crippen LogP contribution is -2.24. The fourth-order valence-corrected chi connectivity index (χ4v) is 1.88. The van der Waals surface area contributed by atoms with Crippen molar-refractivity contribution in [1.29, 1.82) is 0 Å². The molecule has 0 amide bonds. The number of pyridine rings is 1. The molecule has 78 valence electrons. The summed E-state index contributed by atoms with van der Waals surface area (Å²) in [6, 6.07) is 3.99. The van der Waals surface area contributed by atoms with E-state index in [1.54, 1.807) is 18.0 Å².